The number of nitrogens with two attached hydrogens (primary N) is 1. The van der Waals surface area contributed by atoms with Gasteiger partial charge in [0.25, 0.3) is 0 Å². The lowest BCUT2D eigenvalue weighted by Gasteiger charge is -2.34. The van der Waals surface area contributed by atoms with Crippen molar-refractivity contribution in [2.75, 3.05) is 14.1 Å². The normalized spacial score (nSPS) is 23.0. The van der Waals surface area contributed by atoms with Gasteiger partial charge in [0.2, 0.25) is 0 Å². The molecule has 0 spiro atoms. The first-order chi connectivity index (χ1) is 5.75. The highest BCUT2D eigenvalue weighted by atomic mass is 15.4. The van der Waals surface area contributed by atoms with E-state index in [2.05, 4.69) is 24.4 Å². The molecule has 0 aromatic rings. The van der Waals surface area contributed by atoms with Crippen LogP contribution in [0, 0.1) is 5.92 Å². The van der Waals surface area contributed by atoms with Crippen molar-refractivity contribution in [2.24, 2.45) is 11.8 Å². The topological polar surface area (TPSA) is 41.3 Å². The third kappa shape index (κ3) is 2.44. The molecule has 12 heavy (non-hydrogen) atoms. The number of hydrogen-bond acceptors (Lipinski definition) is 3. The molecule has 0 bridgehead atoms. The highest BCUT2D eigenvalue weighted by molar-refractivity contribution is 4.75. The van der Waals surface area contributed by atoms with E-state index in [1.165, 1.54) is 32.1 Å². The first kappa shape index (κ1) is 9.96. The van der Waals surface area contributed by atoms with Crippen molar-refractivity contribution in [3.63, 3.8) is 0 Å². The van der Waals surface area contributed by atoms with E-state index in [0.29, 0.717) is 6.17 Å². The van der Waals surface area contributed by atoms with Crippen molar-refractivity contribution in [3.05, 3.63) is 0 Å². The van der Waals surface area contributed by atoms with Crippen LogP contribution in [0.4, 0.5) is 0 Å². The quantitative estimate of drug-likeness (QED) is 0.377. The van der Waals surface area contributed by atoms with Crippen LogP contribution in [-0.2, 0) is 0 Å². The lowest BCUT2D eigenvalue weighted by atomic mass is 9.87. The van der Waals surface area contributed by atoms with Crippen molar-refractivity contribution in [2.45, 2.75) is 38.3 Å². The van der Waals surface area contributed by atoms with Crippen LogP contribution >= 0.6 is 0 Å². The summed E-state index contributed by atoms with van der Waals surface area (Å²) in [5.41, 5.74) is 2.90. The van der Waals surface area contributed by atoms with Gasteiger partial charge in [0.1, 0.15) is 0 Å². The Morgan fingerprint density at radius 1 is 1.25 bits per heavy atom. The largest absolute Gasteiger partial charge is 0.293 e. The first-order valence-electron chi connectivity index (χ1n) is 4.88. The van der Waals surface area contributed by atoms with Gasteiger partial charge in [-0.25, -0.2) is 5.43 Å². The van der Waals surface area contributed by atoms with E-state index in [9.17, 15) is 0 Å². The second-order valence-corrected chi connectivity index (χ2v) is 3.97. The maximum absolute atomic E-state index is 5.51. The molecule has 1 atom stereocenters. The molecule has 3 N–H and O–H groups in total. The third-order valence-corrected chi connectivity index (χ3v) is 2.82. The average Bonchev–Trinajstić information content (AvgIpc) is 2.07. The maximum atomic E-state index is 5.51. The fourth-order valence-electron chi connectivity index (χ4n) is 2.16. The van der Waals surface area contributed by atoms with Crippen LogP contribution in [0.3, 0.4) is 0 Å². The SMILES string of the molecule is CN(C)C(NN)C1CCCCC1. The highest BCUT2D eigenvalue weighted by Crippen LogP contribution is 2.26. The molecule has 1 aliphatic carbocycles. The fourth-order valence-corrected chi connectivity index (χ4v) is 2.16. The Morgan fingerprint density at radius 3 is 2.25 bits per heavy atom. The van der Waals surface area contributed by atoms with Gasteiger partial charge in [-0.15, -0.1) is 0 Å². The molecule has 0 radical (unpaired) electrons. The molecule has 3 heteroatoms. The van der Waals surface area contributed by atoms with Crippen LogP contribution in [0.5, 0.6) is 0 Å². The van der Waals surface area contributed by atoms with E-state index < -0.39 is 0 Å². The van der Waals surface area contributed by atoms with Gasteiger partial charge in [-0.05, 0) is 32.9 Å². The molecule has 0 aromatic carbocycles. The van der Waals surface area contributed by atoms with Crippen LogP contribution in [0.25, 0.3) is 0 Å². The average molecular weight is 171 g/mol. The Morgan fingerprint density at radius 2 is 1.83 bits per heavy atom. The van der Waals surface area contributed by atoms with Crippen LogP contribution in [0.2, 0.25) is 0 Å². The molecule has 0 amide bonds. The first-order valence-corrected chi connectivity index (χ1v) is 4.88. The minimum absolute atomic E-state index is 0.366. The summed E-state index contributed by atoms with van der Waals surface area (Å²) >= 11 is 0. The summed E-state index contributed by atoms with van der Waals surface area (Å²) in [4.78, 5) is 2.18. The summed E-state index contributed by atoms with van der Waals surface area (Å²) in [5.74, 6) is 6.26. The molecule has 0 saturated heterocycles. The van der Waals surface area contributed by atoms with Gasteiger partial charge in [0.15, 0.2) is 0 Å². The van der Waals surface area contributed by atoms with Crippen LogP contribution in [0.1, 0.15) is 32.1 Å². The maximum Gasteiger partial charge on any atom is 0.0750 e. The van der Waals surface area contributed by atoms with Gasteiger partial charge >= 0.3 is 0 Å². The van der Waals surface area contributed by atoms with Crippen LogP contribution < -0.4 is 11.3 Å². The summed E-state index contributed by atoms with van der Waals surface area (Å²) in [6.07, 6.45) is 7.17. The third-order valence-electron chi connectivity index (χ3n) is 2.82. The predicted octanol–water partition coefficient (Wildman–Crippen LogP) is 0.918. The van der Waals surface area contributed by atoms with Crippen molar-refractivity contribution in [3.8, 4) is 0 Å². The minimum Gasteiger partial charge on any atom is -0.293 e. The lowest BCUT2D eigenvalue weighted by Crippen LogP contribution is -2.50. The van der Waals surface area contributed by atoms with E-state index in [1.54, 1.807) is 0 Å². The minimum atomic E-state index is 0.366. The smallest absolute Gasteiger partial charge is 0.0750 e. The van der Waals surface area contributed by atoms with E-state index in [4.69, 9.17) is 5.84 Å². The second kappa shape index (κ2) is 4.80. The molecule has 0 aromatic heterocycles. The van der Waals surface area contributed by atoms with Crippen molar-refractivity contribution >= 4 is 0 Å². The van der Waals surface area contributed by atoms with Gasteiger partial charge in [-0.3, -0.25) is 10.7 Å². The molecule has 1 aliphatic rings. The van der Waals surface area contributed by atoms with E-state index in [-0.39, 0.29) is 0 Å². The molecule has 1 saturated carbocycles. The highest BCUT2D eigenvalue weighted by Gasteiger charge is 2.23. The molecule has 1 rings (SSSR count). The Hall–Kier alpha value is -0.120. The second-order valence-electron chi connectivity index (χ2n) is 3.97. The van der Waals surface area contributed by atoms with Gasteiger partial charge < -0.3 is 0 Å². The Bertz CT molecular complexity index is 119. The molecule has 0 heterocycles. The molecule has 1 unspecified atom stereocenters. The van der Waals surface area contributed by atoms with Crippen molar-refractivity contribution < 1.29 is 0 Å². The summed E-state index contributed by atoms with van der Waals surface area (Å²) in [6, 6.07) is 0. The van der Waals surface area contributed by atoms with Crippen molar-refractivity contribution in [1.29, 1.82) is 0 Å². The van der Waals surface area contributed by atoms with Gasteiger partial charge in [0.05, 0.1) is 6.17 Å². The van der Waals surface area contributed by atoms with E-state index >= 15 is 0 Å². The summed E-state index contributed by atoms with van der Waals surface area (Å²) < 4.78 is 0. The molecular weight excluding hydrogens is 150 g/mol. The zero-order valence-electron chi connectivity index (χ0n) is 8.21. The number of hydrazine groups is 1. The van der Waals surface area contributed by atoms with E-state index in [1.807, 2.05) is 0 Å². The zero-order valence-corrected chi connectivity index (χ0v) is 8.21. The van der Waals surface area contributed by atoms with E-state index in [0.717, 1.165) is 5.92 Å². The Kier molecular flexibility index (Phi) is 3.98. The van der Waals surface area contributed by atoms with Crippen LogP contribution in [0.15, 0.2) is 0 Å². The Balaban J connectivity index is 2.40. The van der Waals surface area contributed by atoms with Crippen LogP contribution in [-0.4, -0.2) is 25.2 Å². The van der Waals surface area contributed by atoms with Gasteiger partial charge in [0, 0.05) is 0 Å². The monoisotopic (exact) mass is 171 g/mol. The Labute approximate surface area is 75.3 Å². The summed E-state index contributed by atoms with van der Waals surface area (Å²) in [6.45, 7) is 0. The summed E-state index contributed by atoms with van der Waals surface area (Å²) in [7, 11) is 4.16. The predicted molar refractivity (Wildman–Crippen MR) is 51.4 cm³/mol. The molecular formula is C9H21N3. The number of nitrogens with zero attached hydrogens (tertiary/aromatic N) is 1. The number of rotatable bonds is 3. The molecule has 72 valence electrons. The lowest BCUT2D eigenvalue weighted by molar-refractivity contribution is 0.138. The molecule has 1 fully saturated rings. The standard InChI is InChI=1S/C9H21N3/c1-12(2)9(11-10)8-6-4-3-5-7-8/h8-9,11H,3-7,10H2,1-2H3. The van der Waals surface area contributed by atoms with Gasteiger partial charge in [-0.1, -0.05) is 19.3 Å². The summed E-state index contributed by atoms with van der Waals surface area (Å²) in [5, 5.41) is 0. The zero-order chi connectivity index (χ0) is 8.97. The number of hydrogen-bond donors (Lipinski definition) is 2. The van der Waals surface area contributed by atoms with Gasteiger partial charge in [-0.2, -0.15) is 0 Å². The fraction of sp³-hybridized carbons (Fsp3) is 1.00. The molecule has 0 aliphatic heterocycles. The van der Waals surface area contributed by atoms with Crippen molar-refractivity contribution in [1.82, 2.24) is 10.3 Å². The number of nitrogens with one attached hydrogen (secondary N) is 1. The molecule has 3 nitrogen and oxygen atoms in total.